The lowest BCUT2D eigenvalue weighted by Gasteiger charge is -2.48. The van der Waals surface area contributed by atoms with Crippen molar-refractivity contribution in [1.82, 2.24) is 10.6 Å². The van der Waals surface area contributed by atoms with Crippen LogP contribution in [-0.4, -0.2) is 158 Å². The van der Waals surface area contributed by atoms with Gasteiger partial charge in [0.25, 0.3) is 0 Å². The van der Waals surface area contributed by atoms with Gasteiger partial charge in [-0.1, -0.05) is 0 Å². The van der Waals surface area contributed by atoms with E-state index in [1.54, 1.807) is 0 Å². The monoisotopic (exact) mass is 570 g/mol. The summed E-state index contributed by atoms with van der Waals surface area (Å²) in [5.41, 5.74) is 0. The Hall–Kier alpha value is -1.58. The fourth-order valence-corrected chi connectivity index (χ4v) is 4.70. The number of aliphatic hydroxyl groups is 8. The van der Waals surface area contributed by atoms with Crippen LogP contribution in [0.4, 0.5) is 0 Å². The summed E-state index contributed by atoms with van der Waals surface area (Å²) in [4.78, 5) is 23.6. The number of aliphatic hydroxyl groups excluding tert-OH is 8. The summed E-state index contributed by atoms with van der Waals surface area (Å²) in [6.45, 7) is 2.43. The Balaban J connectivity index is 1.81. The van der Waals surface area contributed by atoms with Gasteiger partial charge in [0, 0.05) is 13.8 Å². The third-order valence-corrected chi connectivity index (χ3v) is 6.84. The normalized spacial score (nSPS) is 46.9. The van der Waals surface area contributed by atoms with Gasteiger partial charge in [-0.3, -0.25) is 9.59 Å². The minimum absolute atomic E-state index is 0.538. The van der Waals surface area contributed by atoms with Gasteiger partial charge in [-0.25, -0.2) is 0 Å². The highest BCUT2D eigenvalue weighted by atomic mass is 16.7. The third-order valence-electron chi connectivity index (χ3n) is 6.84. The summed E-state index contributed by atoms with van der Waals surface area (Å²) in [5.74, 6) is -1.26. The topological polar surface area (TPSA) is 266 Å². The minimum atomic E-state index is -1.79. The zero-order chi connectivity index (χ0) is 29.2. The number of hydrogen-bond acceptors (Lipinski definition) is 15. The molecule has 0 aliphatic carbocycles. The van der Waals surface area contributed by atoms with Gasteiger partial charge in [-0.2, -0.15) is 0 Å². The molecular weight excluding hydrogens is 532 g/mol. The molecule has 3 heterocycles. The number of carbonyl (C=O) groups excluding carboxylic acids is 2. The van der Waals surface area contributed by atoms with Crippen LogP contribution in [0.15, 0.2) is 0 Å². The van der Waals surface area contributed by atoms with E-state index in [1.165, 1.54) is 6.92 Å². The Labute approximate surface area is 223 Å². The maximum atomic E-state index is 11.8. The second kappa shape index (κ2) is 13.4. The number of nitrogens with one attached hydrogen (secondary N) is 2. The van der Waals surface area contributed by atoms with E-state index in [0.717, 1.165) is 13.8 Å². The van der Waals surface area contributed by atoms with Gasteiger partial charge in [0.15, 0.2) is 18.9 Å². The molecule has 0 aromatic heterocycles. The van der Waals surface area contributed by atoms with E-state index in [1.807, 2.05) is 0 Å². The first-order valence-electron chi connectivity index (χ1n) is 12.4. The molecule has 3 fully saturated rings. The Kier molecular flexibility index (Phi) is 11.0. The largest absolute Gasteiger partial charge is 0.394 e. The molecule has 3 aliphatic heterocycles. The first-order valence-corrected chi connectivity index (χ1v) is 12.4. The minimum Gasteiger partial charge on any atom is -0.394 e. The zero-order valence-electron chi connectivity index (χ0n) is 21.5. The van der Waals surface area contributed by atoms with Crippen molar-refractivity contribution in [2.45, 2.75) is 113 Å². The van der Waals surface area contributed by atoms with Gasteiger partial charge < -0.3 is 75.2 Å². The van der Waals surface area contributed by atoms with Crippen molar-refractivity contribution in [3.05, 3.63) is 0 Å². The van der Waals surface area contributed by atoms with Crippen LogP contribution >= 0.6 is 0 Å². The van der Waals surface area contributed by atoms with Crippen LogP contribution in [0.2, 0.25) is 0 Å². The summed E-state index contributed by atoms with van der Waals surface area (Å²) in [6, 6.07) is -2.79. The predicted octanol–water partition coefficient (Wildman–Crippen LogP) is -6.26. The SMILES string of the molecule is CC(=O)N[C@@H]1[C@@H](O[C@@H]2O[C@H](CO)[C@@H](O)[C@H](O)[C@H]2NC(C)=O)[C@H](O)[C@@H](CO[C@H]2O[C@@H](C)[C@@H](O)[C@@H](O)[C@@H]2O)O[C@H]1O. The van der Waals surface area contributed by atoms with E-state index in [9.17, 15) is 50.4 Å². The first kappa shape index (κ1) is 31.9. The number of hydrogen-bond donors (Lipinski definition) is 10. The fourth-order valence-electron chi connectivity index (χ4n) is 4.70. The Morgan fingerprint density at radius 3 is 1.92 bits per heavy atom. The number of amides is 2. The van der Waals surface area contributed by atoms with Gasteiger partial charge >= 0.3 is 0 Å². The second-order valence-electron chi connectivity index (χ2n) is 9.83. The van der Waals surface area contributed by atoms with E-state index in [2.05, 4.69) is 10.6 Å². The van der Waals surface area contributed by atoms with Gasteiger partial charge in [0.1, 0.15) is 67.0 Å². The summed E-state index contributed by atoms with van der Waals surface area (Å²) < 4.78 is 27.6. The molecule has 17 heteroatoms. The highest BCUT2D eigenvalue weighted by Crippen LogP contribution is 2.30. The molecule has 3 aliphatic rings. The molecule has 0 aromatic carbocycles. The molecular formula is C22H38N2O15. The lowest BCUT2D eigenvalue weighted by atomic mass is 9.94. The summed E-state index contributed by atoms with van der Waals surface area (Å²) in [6.07, 6.45) is -19.6. The molecule has 0 spiro atoms. The molecule has 0 aromatic rings. The number of rotatable bonds is 8. The summed E-state index contributed by atoms with van der Waals surface area (Å²) in [5, 5.41) is 86.9. The van der Waals surface area contributed by atoms with E-state index in [0.29, 0.717) is 0 Å². The third kappa shape index (κ3) is 7.20. The summed E-state index contributed by atoms with van der Waals surface area (Å²) in [7, 11) is 0. The van der Waals surface area contributed by atoms with Crippen LogP contribution < -0.4 is 10.6 Å². The van der Waals surface area contributed by atoms with Crippen LogP contribution in [0, 0.1) is 0 Å². The van der Waals surface area contributed by atoms with Crippen molar-refractivity contribution in [1.29, 1.82) is 0 Å². The molecule has 17 nitrogen and oxygen atoms in total. The predicted molar refractivity (Wildman–Crippen MR) is 123 cm³/mol. The van der Waals surface area contributed by atoms with Crippen LogP contribution in [0.1, 0.15) is 20.8 Å². The lowest BCUT2D eigenvalue weighted by Crippen LogP contribution is -2.69. The van der Waals surface area contributed by atoms with E-state index in [4.69, 9.17) is 23.7 Å². The smallest absolute Gasteiger partial charge is 0.217 e. The van der Waals surface area contributed by atoms with Gasteiger partial charge in [-0.05, 0) is 6.92 Å². The van der Waals surface area contributed by atoms with E-state index >= 15 is 0 Å². The van der Waals surface area contributed by atoms with Crippen molar-refractivity contribution < 1.29 is 74.1 Å². The molecule has 0 unspecified atom stereocenters. The van der Waals surface area contributed by atoms with Gasteiger partial charge in [0.2, 0.25) is 11.8 Å². The molecule has 0 saturated carbocycles. The highest BCUT2D eigenvalue weighted by Gasteiger charge is 2.52. The van der Waals surface area contributed by atoms with Crippen molar-refractivity contribution in [3.63, 3.8) is 0 Å². The molecule has 0 bridgehead atoms. The lowest BCUT2D eigenvalue weighted by molar-refractivity contribution is -0.335. The van der Waals surface area contributed by atoms with Crippen molar-refractivity contribution >= 4 is 11.8 Å². The maximum absolute atomic E-state index is 11.8. The standard InChI is InChI=1S/C22H38N2O15/c1-6-13(28)17(32)18(33)22(36-6)35-5-10-15(30)19(12(20(34)37-10)24-8(3)27)39-21-11(23-7(2)26)16(31)14(29)9(4-25)38-21/h6,9-22,25,28-34H,4-5H2,1-3H3,(H,23,26)(H,24,27)/t6-,9+,10+,11+,12+,13+,14+,15+,16+,17+,18-,19+,20+,21-,22-/m0/s1. The molecule has 10 N–H and O–H groups in total. The van der Waals surface area contributed by atoms with Crippen LogP contribution in [0.5, 0.6) is 0 Å². The quantitative estimate of drug-likeness (QED) is 0.130. The molecule has 2 amide bonds. The average Bonchev–Trinajstić information content (AvgIpc) is 2.87. The van der Waals surface area contributed by atoms with Crippen LogP contribution in [0.25, 0.3) is 0 Å². The van der Waals surface area contributed by atoms with E-state index in [-0.39, 0.29) is 0 Å². The fraction of sp³-hybridized carbons (Fsp3) is 0.909. The number of carbonyl (C=O) groups is 2. The van der Waals surface area contributed by atoms with Crippen molar-refractivity contribution in [2.75, 3.05) is 13.2 Å². The molecule has 15 atom stereocenters. The van der Waals surface area contributed by atoms with Crippen LogP contribution in [0.3, 0.4) is 0 Å². The average molecular weight is 571 g/mol. The second-order valence-corrected chi connectivity index (χ2v) is 9.83. The van der Waals surface area contributed by atoms with Crippen molar-refractivity contribution in [2.24, 2.45) is 0 Å². The highest BCUT2D eigenvalue weighted by molar-refractivity contribution is 5.73. The Morgan fingerprint density at radius 2 is 1.33 bits per heavy atom. The van der Waals surface area contributed by atoms with E-state index < -0.39 is 117 Å². The zero-order valence-corrected chi connectivity index (χ0v) is 21.5. The van der Waals surface area contributed by atoms with Gasteiger partial charge in [0.05, 0.1) is 19.3 Å². The van der Waals surface area contributed by atoms with Gasteiger partial charge in [-0.15, -0.1) is 0 Å². The molecule has 0 radical (unpaired) electrons. The van der Waals surface area contributed by atoms with Crippen molar-refractivity contribution in [3.8, 4) is 0 Å². The maximum Gasteiger partial charge on any atom is 0.217 e. The van der Waals surface area contributed by atoms with Crippen LogP contribution in [-0.2, 0) is 33.3 Å². The molecule has 3 rings (SSSR count). The Morgan fingerprint density at radius 1 is 0.718 bits per heavy atom. The number of ether oxygens (including phenoxy) is 5. The molecule has 39 heavy (non-hydrogen) atoms. The first-order chi connectivity index (χ1) is 18.3. The Bertz CT molecular complexity index is 837. The molecule has 3 saturated heterocycles. The summed E-state index contributed by atoms with van der Waals surface area (Å²) >= 11 is 0. The molecule has 226 valence electrons.